The number of hydrogen-bond acceptors (Lipinski definition) is 4. The van der Waals surface area contributed by atoms with Gasteiger partial charge in [0.15, 0.2) is 11.4 Å². The number of aliphatic carboxylic acids is 1. The van der Waals surface area contributed by atoms with Crippen LogP contribution in [0, 0.1) is 0 Å². The smallest absolute Gasteiger partial charge is 0.737 e. The van der Waals surface area contributed by atoms with Crippen molar-refractivity contribution in [2.24, 2.45) is 0 Å². The predicted octanol–water partition coefficient (Wildman–Crippen LogP) is 3.49. The first-order valence-corrected chi connectivity index (χ1v) is 14.6. The minimum atomic E-state index is -4.45. The maximum absolute atomic E-state index is 16.6. The van der Waals surface area contributed by atoms with Gasteiger partial charge in [-0.05, 0) is 55.1 Å². The van der Waals surface area contributed by atoms with Crippen LogP contribution in [0.15, 0.2) is 53.7 Å². The van der Waals surface area contributed by atoms with E-state index in [-0.39, 0.29) is 37.1 Å². The summed E-state index contributed by atoms with van der Waals surface area (Å²) in [5.41, 5.74) is 3.10. The predicted molar refractivity (Wildman–Crippen MR) is 146 cm³/mol. The molecule has 4 rings (SSSR count). The van der Waals surface area contributed by atoms with Crippen molar-refractivity contribution in [1.29, 1.82) is 0 Å². The second-order valence-corrected chi connectivity index (χ2v) is 12.7. The highest BCUT2D eigenvalue weighted by atomic mass is 32.2. The first kappa shape index (κ1) is 28.9. The number of quaternary nitrogens is 1. The molecule has 8 nitrogen and oxygen atoms in total. The first-order valence-electron chi connectivity index (χ1n) is 13.0. The quantitative estimate of drug-likeness (QED) is 0.243. The molecule has 210 valence electrons. The van der Waals surface area contributed by atoms with Crippen molar-refractivity contribution in [2.75, 3.05) is 33.4 Å². The highest BCUT2D eigenvalue weighted by molar-refractivity contribution is 7.85. The van der Waals surface area contributed by atoms with Crippen molar-refractivity contribution >= 4 is 34.8 Å². The standard InChI is InChI=1S/C27H34BF2N3O5S/c1-33(2,3)15-7-11-22-18-24(20-9-5-4-6-10-20)32-26(22)19-25-21(12-8-16-39(36,37)38)17-23(13-14-27(34)35)31(25)28(32,29)30/h4-6,9-10,17-19H,7-8,11-16H2,1-3H3,(H-,34,35,36,37,38). The number of halogens is 2. The van der Waals surface area contributed by atoms with Gasteiger partial charge >= 0.3 is 12.9 Å². The van der Waals surface area contributed by atoms with E-state index in [1.54, 1.807) is 30.3 Å². The summed E-state index contributed by atoms with van der Waals surface area (Å²) in [6, 6.07) is 10.5. The van der Waals surface area contributed by atoms with Crippen LogP contribution in [0.3, 0.4) is 0 Å². The molecule has 0 saturated carbocycles. The lowest BCUT2D eigenvalue weighted by Gasteiger charge is -2.32. The number of allylic oxidation sites excluding steroid dienone is 2. The van der Waals surface area contributed by atoms with Crippen molar-refractivity contribution in [1.82, 2.24) is 4.48 Å². The largest absolute Gasteiger partial charge is 0.748 e. The van der Waals surface area contributed by atoms with Crippen molar-refractivity contribution in [3.63, 3.8) is 0 Å². The number of carbonyl (C=O) groups is 1. The van der Waals surface area contributed by atoms with Crippen LogP contribution in [-0.2, 0) is 27.8 Å². The van der Waals surface area contributed by atoms with Crippen LogP contribution in [-0.4, -0.2) is 83.6 Å². The minimum absolute atomic E-state index is 0.0136. The van der Waals surface area contributed by atoms with Crippen LogP contribution in [0.25, 0.3) is 6.08 Å². The summed E-state index contributed by atoms with van der Waals surface area (Å²) in [7, 11) is 1.78. The summed E-state index contributed by atoms with van der Waals surface area (Å²) in [6.07, 6.45) is 4.57. The van der Waals surface area contributed by atoms with Crippen LogP contribution in [0.1, 0.15) is 48.2 Å². The third-order valence-corrected chi connectivity index (χ3v) is 7.86. The maximum atomic E-state index is 16.6. The summed E-state index contributed by atoms with van der Waals surface area (Å²) < 4.78 is 69.5. The fourth-order valence-electron chi connectivity index (χ4n) is 5.36. The second-order valence-electron chi connectivity index (χ2n) is 11.2. The molecule has 1 N–H and O–H groups in total. The number of carboxylic acids is 1. The molecule has 0 saturated heterocycles. The highest BCUT2D eigenvalue weighted by Crippen LogP contribution is 2.40. The normalized spacial score (nSPS) is 16.6. The van der Waals surface area contributed by atoms with Gasteiger partial charge in [-0.25, -0.2) is 8.42 Å². The Kier molecular flexibility index (Phi) is 8.02. The Hall–Kier alpha value is -3.09. The lowest BCUT2D eigenvalue weighted by molar-refractivity contribution is -0.870. The van der Waals surface area contributed by atoms with E-state index in [1.807, 2.05) is 12.1 Å². The number of nitrogens with zero attached hydrogens (tertiary/aromatic N) is 3. The second kappa shape index (κ2) is 10.8. The van der Waals surface area contributed by atoms with Gasteiger partial charge in [0.2, 0.25) is 0 Å². The molecule has 0 atom stereocenters. The zero-order chi connectivity index (χ0) is 28.6. The van der Waals surface area contributed by atoms with Crippen molar-refractivity contribution in [2.45, 2.75) is 38.5 Å². The lowest BCUT2D eigenvalue weighted by atomic mass is 9.88. The van der Waals surface area contributed by atoms with Crippen LogP contribution < -0.4 is 0 Å². The van der Waals surface area contributed by atoms with Crippen LogP contribution >= 0.6 is 0 Å². The van der Waals surface area contributed by atoms with E-state index in [4.69, 9.17) is 0 Å². The molecule has 39 heavy (non-hydrogen) atoms. The number of aryl methyl sites for hydroxylation is 2. The molecule has 2 aromatic rings. The summed E-state index contributed by atoms with van der Waals surface area (Å²) in [5.74, 6) is -1.71. The molecule has 0 unspecified atom stereocenters. The Balaban J connectivity index is 1.84. The van der Waals surface area contributed by atoms with Crippen molar-refractivity contribution in [3.05, 3.63) is 76.3 Å². The third-order valence-electron chi connectivity index (χ3n) is 7.07. The number of rotatable bonds is 12. The minimum Gasteiger partial charge on any atom is -0.748 e. The molecule has 12 heteroatoms. The molecule has 1 aromatic carbocycles. The molecule has 0 amide bonds. The zero-order valence-corrected chi connectivity index (χ0v) is 23.3. The van der Waals surface area contributed by atoms with Gasteiger partial charge in [-0.3, -0.25) is 4.79 Å². The van der Waals surface area contributed by atoms with Crippen LogP contribution in [0.5, 0.6) is 0 Å². The van der Waals surface area contributed by atoms with Gasteiger partial charge in [-0.1, -0.05) is 18.2 Å². The third kappa shape index (κ3) is 6.56. The molecular weight excluding hydrogens is 527 g/mol. The molecular formula is C27H34BF2N3O5S. The van der Waals surface area contributed by atoms with E-state index < -0.39 is 28.8 Å². The van der Waals surface area contributed by atoms with E-state index >= 15 is 8.63 Å². The van der Waals surface area contributed by atoms with E-state index in [2.05, 4.69) is 21.1 Å². The number of benzene rings is 1. The number of hydrogen-bond donors (Lipinski definition) is 1. The van der Waals surface area contributed by atoms with Gasteiger partial charge in [0.05, 0.1) is 44.2 Å². The van der Waals surface area contributed by atoms with Crippen molar-refractivity contribution in [3.8, 4) is 0 Å². The molecule has 1 aromatic heterocycles. The van der Waals surface area contributed by atoms with Crippen molar-refractivity contribution < 1.29 is 40.5 Å². The van der Waals surface area contributed by atoms with Gasteiger partial charge in [0.25, 0.3) is 0 Å². The first-order chi connectivity index (χ1) is 18.2. The SMILES string of the molecule is C[N+](C)(C)CCCC1=CC(c2ccccc2)=[N+]2C1=Cc1c(CCCS(=O)(=O)[O-])cc(CCC(=O)O)n1[B-]2(F)F. The average molecular weight is 561 g/mol. The molecule has 0 fully saturated rings. The zero-order valence-electron chi connectivity index (χ0n) is 22.4. The number of aromatic nitrogens is 1. The van der Waals surface area contributed by atoms with Gasteiger partial charge < -0.3 is 31.7 Å². The number of carboxylic acid groups (broad SMARTS) is 1. The highest BCUT2D eigenvalue weighted by Gasteiger charge is 2.54. The van der Waals surface area contributed by atoms with Crippen LogP contribution in [0.4, 0.5) is 8.63 Å². The molecule has 0 spiro atoms. The maximum Gasteiger partial charge on any atom is 0.737 e. The fraction of sp³-hybridized carbons (Fsp3) is 0.407. The Bertz CT molecular complexity index is 1470. The monoisotopic (exact) mass is 561 g/mol. The van der Waals surface area contributed by atoms with Gasteiger partial charge in [0, 0.05) is 41.2 Å². The molecule has 3 heterocycles. The Morgan fingerprint density at radius 2 is 1.77 bits per heavy atom. The summed E-state index contributed by atoms with van der Waals surface area (Å²) in [4.78, 5) is 11.3. The Morgan fingerprint density at radius 1 is 1.08 bits per heavy atom. The van der Waals surface area contributed by atoms with Gasteiger partial charge in [0.1, 0.15) is 0 Å². The van der Waals surface area contributed by atoms with Crippen LogP contribution in [0.2, 0.25) is 0 Å². The van der Waals surface area contributed by atoms with E-state index in [0.29, 0.717) is 29.0 Å². The Labute approximate surface area is 228 Å². The fourth-order valence-corrected chi connectivity index (χ4v) is 5.86. The summed E-state index contributed by atoms with van der Waals surface area (Å²) in [6.45, 7) is -3.55. The number of fused-ring (bicyclic) bond motifs is 2. The molecule has 2 aliphatic heterocycles. The Morgan fingerprint density at radius 3 is 2.38 bits per heavy atom. The van der Waals surface area contributed by atoms with E-state index in [0.717, 1.165) is 32.0 Å². The van der Waals surface area contributed by atoms with E-state index in [1.165, 1.54) is 6.07 Å². The molecule has 0 bridgehead atoms. The molecule has 2 aliphatic rings. The van der Waals surface area contributed by atoms with Gasteiger partial charge in [-0.15, -0.1) is 0 Å². The molecule has 0 aliphatic carbocycles. The van der Waals surface area contributed by atoms with E-state index in [9.17, 15) is 22.9 Å². The summed E-state index contributed by atoms with van der Waals surface area (Å²) in [5, 5.41) is 9.23. The molecule has 0 radical (unpaired) electrons. The lowest BCUT2D eigenvalue weighted by Crippen LogP contribution is -2.51. The topological polar surface area (TPSA) is 102 Å². The van der Waals surface area contributed by atoms with Gasteiger partial charge in [-0.2, -0.15) is 0 Å². The average Bonchev–Trinajstić information content (AvgIpc) is 3.37. The summed E-state index contributed by atoms with van der Waals surface area (Å²) >= 11 is 0.